The quantitative estimate of drug-likeness (QED) is 0.567. The summed E-state index contributed by atoms with van der Waals surface area (Å²) in [6.45, 7) is 17.7. The van der Waals surface area contributed by atoms with Crippen LogP contribution in [-0.4, -0.2) is 17.2 Å². The molecule has 1 aromatic carbocycles. The predicted molar refractivity (Wildman–Crippen MR) is 108 cm³/mol. The fourth-order valence-electron chi connectivity index (χ4n) is 4.02. The van der Waals surface area contributed by atoms with Gasteiger partial charge in [-0.1, -0.05) is 73.9 Å². The van der Waals surface area contributed by atoms with Gasteiger partial charge in [-0.3, -0.25) is 0 Å². The average Bonchev–Trinajstić information content (AvgIpc) is 2.50. The van der Waals surface area contributed by atoms with E-state index in [0.717, 1.165) is 19.3 Å². The van der Waals surface area contributed by atoms with E-state index < -0.39 is 5.97 Å². The molecular weight excluding hydrogens is 324 g/mol. The number of aromatic hydroxyl groups is 1. The van der Waals surface area contributed by atoms with Gasteiger partial charge in [-0.05, 0) is 35.8 Å². The van der Waals surface area contributed by atoms with Crippen LogP contribution in [0.5, 0.6) is 5.75 Å². The maximum atomic E-state index is 12.9. The highest BCUT2D eigenvalue weighted by atomic mass is 16.5. The lowest BCUT2D eigenvalue weighted by atomic mass is 9.65. The summed E-state index contributed by atoms with van der Waals surface area (Å²) in [5, 5.41) is 10.1. The summed E-state index contributed by atoms with van der Waals surface area (Å²) in [7, 11) is 0. The smallest absolute Gasteiger partial charge is 0.342 e. The van der Waals surface area contributed by atoms with E-state index in [2.05, 4.69) is 55.4 Å². The Morgan fingerprint density at radius 1 is 1.00 bits per heavy atom. The van der Waals surface area contributed by atoms with Gasteiger partial charge in [0.2, 0.25) is 0 Å². The van der Waals surface area contributed by atoms with E-state index in [0.29, 0.717) is 0 Å². The van der Waals surface area contributed by atoms with Gasteiger partial charge in [0, 0.05) is 11.8 Å². The summed E-state index contributed by atoms with van der Waals surface area (Å²) >= 11 is 0. The molecule has 0 saturated heterocycles. The topological polar surface area (TPSA) is 46.5 Å². The number of para-hydroxylation sites is 1. The lowest BCUT2D eigenvalue weighted by molar-refractivity contribution is -0.0618. The first-order chi connectivity index (χ1) is 11.9. The van der Waals surface area contributed by atoms with Crippen LogP contribution in [0.4, 0.5) is 0 Å². The highest BCUT2D eigenvalue weighted by Crippen LogP contribution is 2.43. The zero-order valence-electron chi connectivity index (χ0n) is 17.9. The molecule has 1 rings (SSSR count). The SMILES string of the molecule is CCCC(C(OC(=O)c1ccccc1O)C(CC)C(C)(C)C)C(C)(C)C. The standard InChI is InChI=1S/C23H38O3/c1-9-13-18(23(6,7)8)20(17(10-2)22(3,4)5)26-21(25)16-14-11-12-15-19(16)24/h11-12,14-15,17-18,20,24H,9-10,13H2,1-8H3. The molecule has 26 heavy (non-hydrogen) atoms. The number of benzene rings is 1. The van der Waals surface area contributed by atoms with Crippen LogP contribution in [0.1, 0.15) is 85.0 Å². The van der Waals surface area contributed by atoms with E-state index in [4.69, 9.17) is 4.74 Å². The van der Waals surface area contributed by atoms with Crippen LogP contribution < -0.4 is 0 Å². The number of esters is 1. The van der Waals surface area contributed by atoms with Gasteiger partial charge in [-0.2, -0.15) is 0 Å². The Labute approximate surface area is 160 Å². The highest BCUT2D eigenvalue weighted by molar-refractivity contribution is 5.92. The number of rotatable bonds is 7. The van der Waals surface area contributed by atoms with E-state index in [9.17, 15) is 9.90 Å². The molecule has 3 atom stereocenters. The van der Waals surface area contributed by atoms with Crippen molar-refractivity contribution in [1.82, 2.24) is 0 Å². The van der Waals surface area contributed by atoms with E-state index in [1.165, 1.54) is 6.07 Å². The largest absolute Gasteiger partial charge is 0.507 e. The minimum absolute atomic E-state index is 0.0235. The van der Waals surface area contributed by atoms with Crippen molar-refractivity contribution in [3.63, 3.8) is 0 Å². The lowest BCUT2D eigenvalue weighted by Gasteiger charge is -2.44. The van der Waals surface area contributed by atoms with Gasteiger partial charge >= 0.3 is 5.97 Å². The van der Waals surface area contributed by atoms with Crippen molar-refractivity contribution in [1.29, 1.82) is 0 Å². The summed E-state index contributed by atoms with van der Waals surface area (Å²) in [5.41, 5.74) is 0.291. The molecular formula is C23H38O3. The second kappa shape index (κ2) is 8.92. The summed E-state index contributed by atoms with van der Waals surface area (Å²) < 4.78 is 6.14. The monoisotopic (exact) mass is 362 g/mol. The van der Waals surface area contributed by atoms with E-state index in [1.54, 1.807) is 18.2 Å². The van der Waals surface area contributed by atoms with Crippen molar-refractivity contribution in [3.8, 4) is 5.75 Å². The van der Waals surface area contributed by atoms with Gasteiger partial charge in [0.25, 0.3) is 0 Å². The third-order valence-electron chi connectivity index (χ3n) is 5.42. The van der Waals surface area contributed by atoms with Crippen molar-refractivity contribution in [2.45, 2.75) is 80.8 Å². The molecule has 3 unspecified atom stereocenters. The second-order valence-corrected chi connectivity index (χ2v) is 9.53. The van der Waals surface area contributed by atoms with Crippen LogP contribution in [0.25, 0.3) is 0 Å². The number of phenols is 1. The Morgan fingerprint density at radius 3 is 1.96 bits per heavy atom. The van der Waals surface area contributed by atoms with E-state index >= 15 is 0 Å². The minimum atomic E-state index is -0.429. The number of carbonyl (C=O) groups excluding carboxylic acids is 1. The van der Waals surface area contributed by atoms with Crippen LogP contribution >= 0.6 is 0 Å². The molecule has 0 aromatic heterocycles. The zero-order valence-corrected chi connectivity index (χ0v) is 17.9. The van der Waals surface area contributed by atoms with Crippen molar-refractivity contribution < 1.29 is 14.6 Å². The molecule has 0 aliphatic rings. The first kappa shape index (κ1) is 22.5. The Balaban J connectivity index is 3.31. The summed E-state index contributed by atoms with van der Waals surface area (Å²) in [6, 6.07) is 6.61. The second-order valence-electron chi connectivity index (χ2n) is 9.53. The van der Waals surface area contributed by atoms with E-state index in [-0.39, 0.29) is 40.1 Å². The number of carbonyl (C=O) groups is 1. The minimum Gasteiger partial charge on any atom is -0.507 e. The third kappa shape index (κ3) is 5.75. The molecule has 0 spiro atoms. The first-order valence-electron chi connectivity index (χ1n) is 9.92. The van der Waals surface area contributed by atoms with Gasteiger partial charge in [0.1, 0.15) is 17.4 Å². The molecule has 3 heteroatoms. The molecule has 0 amide bonds. The third-order valence-corrected chi connectivity index (χ3v) is 5.42. The molecule has 0 bridgehead atoms. The van der Waals surface area contributed by atoms with Gasteiger partial charge in [-0.25, -0.2) is 4.79 Å². The number of hydrogen-bond acceptors (Lipinski definition) is 3. The van der Waals surface area contributed by atoms with Crippen LogP contribution in [-0.2, 0) is 4.74 Å². The molecule has 0 aliphatic heterocycles. The lowest BCUT2D eigenvalue weighted by Crippen LogP contribution is -2.45. The first-order valence-corrected chi connectivity index (χ1v) is 9.92. The van der Waals surface area contributed by atoms with Crippen LogP contribution in [0, 0.1) is 22.7 Å². The molecule has 0 fully saturated rings. The molecule has 1 N–H and O–H groups in total. The molecule has 148 valence electrons. The number of hydrogen-bond donors (Lipinski definition) is 1. The van der Waals surface area contributed by atoms with Crippen molar-refractivity contribution in [2.24, 2.45) is 22.7 Å². The molecule has 0 saturated carbocycles. The van der Waals surface area contributed by atoms with Gasteiger partial charge in [-0.15, -0.1) is 0 Å². The number of ether oxygens (including phenoxy) is 1. The van der Waals surface area contributed by atoms with E-state index in [1.807, 2.05) is 0 Å². The van der Waals surface area contributed by atoms with Gasteiger partial charge in [0.15, 0.2) is 0 Å². The summed E-state index contributed by atoms with van der Waals surface area (Å²) in [5.74, 6) is 0.0450. The van der Waals surface area contributed by atoms with Crippen LogP contribution in [0.3, 0.4) is 0 Å². The Kier molecular flexibility index (Phi) is 7.73. The summed E-state index contributed by atoms with van der Waals surface area (Å²) in [6.07, 6.45) is 2.81. The number of phenolic OH excluding ortho intramolecular Hbond substituents is 1. The normalized spacial score (nSPS) is 16.0. The van der Waals surface area contributed by atoms with Crippen molar-refractivity contribution in [2.75, 3.05) is 0 Å². The Morgan fingerprint density at radius 2 is 1.54 bits per heavy atom. The van der Waals surface area contributed by atoms with Crippen molar-refractivity contribution in [3.05, 3.63) is 29.8 Å². The fourth-order valence-corrected chi connectivity index (χ4v) is 4.02. The highest BCUT2D eigenvalue weighted by Gasteiger charge is 2.42. The van der Waals surface area contributed by atoms with Gasteiger partial charge < -0.3 is 9.84 Å². The summed E-state index contributed by atoms with van der Waals surface area (Å²) in [4.78, 5) is 12.9. The van der Waals surface area contributed by atoms with Gasteiger partial charge in [0.05, 0.1) is 0 Å². The predicted octanol–water partition coefficient (Wildman–Crippen LogP) is 6.45. The molecule has 0 heterocycles. The van der Waals surface area contributed by atoms with Crippen molar-refractivity contribution >= 4 is 5.97 Å². The molecule has 1 aromatic rings. The average molecular weight is 363 g/mol. The maximum absolute atomic E-state index is 12.9. The molecule has 0 radical (unpaired) electrons. The Hall–Kier alpha value is -1.51. The van der Waals surface area contributed by atoms with Crippen LogP contribution in [0.2, 0.25) is 0 Å². The zero-order chi connectivity index (χ0) is 20.1. The molecule has 3 nitrogen and oxygen atoms in total. The Bertz CT molecular complexity index is 578. The fraction of sp³-hybridized carbons (Fsp3) is 0.696. The maximum Gasteiger partial charge on any atom is 0.342 e. The molecule has 0 aliphatic carbocycles. The van der Waals surface area contributed by atoms with Crippen LogP contribution in [0.15, 0.2) is 24.3 Å².